The van der Waals surface area contributed by atoms with Gasteiger partial charge in [-0.2, -0.15) is 0 Å². The number of hydrogen-bond donors (Lipinski definition) is 1. The molecule has 0 saturated carbocycles. The third-order valence-electron chi connectivity index (χ3n) is 1.76. The van der Waals surface area contributed by atoms with Crippen molar-refractivity contribution in [1.29, 1.82) is 0 Å². The van der Waals surface area contributed by atoms with Gasteiger partial charge in [0, 0.05) is 0 Å². The molecule has 0 radical (unpaired) electrons. The molecule has 0 aliphatic rings. The van der Waals surface area contributed by atoms with E-state index in [1.165, 1.54) is 25.3 Å². The van der Waals surface area contributed by atoms with E-state index in [1.807, 2.05) is 0 Å². The fourth-order valence-corrected chi connectivity index (χ4v) is 2.13. The molecule has 1 N–H and O–H groups in total. The normalized spacial score (nSPS) is 10.6. The van der Waals surface area contributed by atoms with Crippen LogP contribution in [0.1, 0.15) is 0 Å². The molecule has 0 bridgehead atoms. The SMILES string of the molecule is COC(=O)NS(=O)(=O)c1ccccc1OC. The summed E-state index contributed by atoms with van der Waals surface area (Å²) in [6.07, 6.45) is -1.05. The second-order valence-corrected chi connectivity index (χ2v) is 4.40. The third kappa shape index (κ3) is 2.63. The fraction of sp³-hybridized carbons (Fsp3) is 0.222. The number of carbonyl (C=O) groups excluding carboxylic acids is 1. The van der Waals surface area contributed by atoms with E-state index in [2.05, 4.69) is 4.74 Å². The first kappa shape index (κ1) is 12.3. The first-order valence-electron chi connectivity index (χ1n) is 4.25. The molecule has 0 aliphatic carbocycles. The Morgan fingerprint density at radius 1 is 1.25 bits per heavy atom. The maximum Gasteiger partial charge on any atom is 0.420 e. The summed E-state index contributed by atoms with van der Waals surface area (Å²) in [7, 11) is -1.55. The molecule has 1 aromatic rings. The van der Waals surface area contributed by atoms with Crippen molar-refractivity contribution in [3.05, 3.63) is 24.3 Å². The van der Waals surface area contributed by atoms with E-state index in [1.54, 1.807) is 10.8 Å². The predicted octanol–water partition coefficient (Wildman–Crippen LogP) is 0.740. The summed E-state index contributed by atoms with van der Waals surface area (Å²) in [5.41, 5.74) is 0. The van der Waals surface area contributed by atoms with Gasteiger partial charge in [-0.05, 0) is 12.1 Å². The van der Waals surface area contributed by atoms with Crippen LogP contribution in [-0.4, -0.2) is 28.7 Å². The quantitative estimate of drug-likeness (QED) is 0.849. The predicted molar refractivity (Wildman–Crippen MR) is 55.7 cm³/mol. The first-order chi connectivity index (χ1) is 7.51. The van der Waals surface area contributed by atoms with E-state index >= 15 is 0 Å². The van der Waals surface area contributed by atoms with E-state index in [9.17, 15) is 13.2 Å². The summed E-state index contributed by atoms with van der Waals surface area (Å²) in [6, 6.07) is 5.94. The smallest absolute Gasteiger partial charge is 0.420 e. The summed E-state index contributed by atoms with van der Waals surface area (Å²) in [4.78, 5) is 10.7. The molecule has 1 rings (SSSR count). The lowest BCUT2D eigenvalue weighted by atomic mass is 10.3. The molecule has 7 heteroatoms. The number of methoxy groups -OCH3 is 2. The third-order valence-corrected chi connectivity index (χ3v) is 3.11. The Labute approximate surface area is 93.2 Å². The number of ether oxygens (including phenoxy) is 2. The Morgan fingerprint density at radius 3 is 2.44 bits per heavy atom. The molecule has 6 nitrogen and oxygen atoms in total. The number of benzene rings is 1. The Morgan fingerprint density at radius 2 is 1.88 bits per heavy atom. The summed E-state index contributed by atoms with van der Waals surface area (Å²) in [5, 5.41) is 0. The van der Waals surface area contributed by atoms with Gasteiger partial charge in [0.2, 0.25) is 0 Å². The minimum absolute atomic E-state index is 0.122. The van der Waals surface area contributed by atoms with E-state index in [-0.39, 0.29) is 10.6 Å². The van der Waals surface area contributed by atoms with Crippen LogP contribution in [0.5, 0.6) is 5.75 Å². The highest BCUT2D eigenvalue weighted by atomic mass is 32.2. The van der Waals surface area contributed by atoms with Gasteiger partial charge in [0.25, 0.3) is 10.0 Å². The summed E-state index contributed by atoms with van der Waals surface area (Å²) in [6.45, 7) is 0. The number of sulfonamides is 1. The van der Waals surface area contributed by atoms with Crippen LogP contribution in [0.3, 0.4) is 0 Å². The largest absolute Gasteiger partial charge is 0.495 e. The first-order valence-corrected chi connectivity index (χ1v) is 5.73. The minimum atomic E-state index is -3.96. The molecule has 0 atom stereocenters. The standard InChI is InChI=1S/C9H11NO5S/c1-14-7-5-3-4-6-8(7)16(12,13)10-9(11)15-2/h3-6H,1-2H3,(H,10,11). The topological polar surface area (TPSA) is 81.7 Å². The molecular weight excluding hydrogens is 234 g/mol. The average Bonchev–Trinajstić information content (AvgIpc) is 2.28. The zero-order valence-corrected chi connectivity index (χ0v) is 9.58. The van der Waals surface area contributed by atoms with Crippen molar-refractivity contribution in [3.8, 4) is 5.75 Å². The van der Waals surface area contributed by atoms with Crippen LogP contribution in [0.2, 0.25) is 0 Å². The Balaban J connectivity index is 3.12. The van der Waals surface area contributed by atoms with Crippen LogP contribution in [0.4, 0.5) is 4.79 Å². The van der Waals surface area contributed by atoms with Crippen molar-refractivity contribution in [3.63, 3.8) is 0 Å². The van der Waals surface area contributed by atoms with Crippen molar-refractivity contribution in [2.75, 3.05) is 14.2 Å². The highest BCUT2D eigenvalue weighted by molar-refractivity contribution is 7.90. The maximum absolute atomic E-state index is 11.7. The number of hydrogen-bond acceptors (Lipinski definition) is 5. The van der Waals surface area contributed by atoms with Crippen molar-refractivity contribution in [2.24, 2.45) is 0 Å². The van der Waals surface area contributed by atoms with Gasteiger partial charge in [0.05, 0.1) is 14.2 Å². The van der Waals surface area contributed by atoms with Crippen molar-refractivity contribution in [1.82, 2.24) is 4.72 Å². The fourth-order valence-electron chi connectivity index (χ4n) is 1.05. The second kappa shape index (κ2) is 4.84. The molecule has 0 heterocycles. The average molecular weight is 245 g/mol. The number of nitrogens with one attached hydrogen (secondary N) is 1. The molecule has 0 saturated heterocycles. The van der Waals surface area contributed by atoms with Crippen LogP contribution < -0.4 is 9.46 Å². The number of rotatable bonds is 3. The molecular formula is C9H11NO5S. The molecule has 16 heavy (non-hydrogen) atoms. The number of para-hydroxylation sites is 1. The molecule has 0 aliphatic heterocycles. The lowest BCUT2D eigenvalue weighted by Crippen LogP contribution is -2.30. The van der Waals surface area contributed by atoms with Gasteiger partial charge in [0.1, 0.15) is 10.6 Å². The number of carbonyl (C=O) groups is 1. The van der Waals surface area contributed by atoms with Gasteiger partial charge < -0.3 is 9.47 Å². The van der Waals surface area contributed by atoms with E-state index in [0.717, 1.165) is 7.11 Å². The zero-order chi connectivity index (χ0) is 12.2. The zero-order valence-electron chi connectivity index (χ0n) is 8.76. The molecule has 0 fully saturated rings. The van der Waals surface area contributed by atoms with Crippen LogP contribution in [0, 0.1) is 0 Å². The minimum Gasteiger partial charge on any atom is -0.495 e. The second-order valence-electron chi connectivity index (χ2n) is 2.75. The molecule has 1 amide bonds. The molecule has 0 spiro atoms. The van der Waals surface area contributed by atoms with Gasteiger partial charge in [-0.1, -0.05) is 12.1 Å². The molecule has 88 valence electrons. The van der Waals surface area contributed by atoms with E-state index in [4.69, 9.17) is 4.74 Å². The lowest BCUT2D eigenvalue weighted by Gasteiger charge is -2.09. The van der Waals surface area contributed by atoms with Crippen molar-refractivity contribution >= 4 is 16.1 Å². The van der Waals surface area contributed by atoms with Gasteiger partial charge in [-0.25, -0.2) is 17.9 Å². The van der Waals surface area contributed by atoms with Crippen LogP contribution >= 0.6 is 0 Å². The summed E-state index contributed by atoms with van der Waals surface area (Å²) in [5.74, 6) is 0.152. The van der Waals surface area contributed by atoms with Gasteiger partial charge in [0.15, 0.2) is 0 Å². The Kier molecular flexibility index (Phi) is 3.73. The van der Waals surface area contributed by atoms with Gasteiger partial charge in [-0.3, -0.25) is 0 Å². The number of amides is 1. The Hall–Kier alpha value is -1.76. The van der Waals surface area contributed by atoms with Crippen LogP contribution in [0.25, 0.3) is 0 Å². The Bertz CT molecular complexity index is 482. The van der Waals surface area contributed by atoms with E-state index < -0.39 is 16.1 Å². The molecule has 1 aromatic carbocycles. The maximum atomic E-state index is 11.7. The van der Waals surface area contributed by atoms with Gasteiger partial charge >= 0.3 is 6.09 Å². The summed E-state index contributed by atoms with van der Waals surface area (Å²) >= 11 is 0. The van der Waals surface area contributed by atoms with Crippen LogP contribution in [0.15, 0.2) is 29.2 Å². The molecule has 0 unspecified atom stereocenters. The van der Waals surface area contributed by atoms with Gasteiger partial charge in [-0.15, -0.1) is 0 Å². The highest BCUT2D eigenvalue weighted by Gasteiger charge is 2.21. The van der Waals surface area contributed by atoms with Crippen molar-refractivity contribution in [2.45, 2.75) is 4.90 Å². The summed E-state index contributed by atoms with van der Waals surface area (Å²) < 4.78 is 34.2. The highest BCUT2D eigenvalue weighted by Crippen LogP contribution is 2.22. The van der Waals surface area contributed by atoms with E-state index in [0.29, 0.717) is 0 Å². The van der Waals surface area contributed by atoms with Crippen LogP contribution in [-0.2, 0) is 14.8 Å². The molecule has 0 aromatic heterocycles. The monoisotopic (exact) mass is 245 g/mol. The van der Waals surface area contributed by atoms with Crippen molar-refractivity contribution < 1.29 is 22.7 Å². The lowest BCUT2D eigenvalue weighted by molar-refractivity contribution is 0.177.